The van der Waals surface area contributed by atoms with Crippen LogP contribution in [-0.4, -0.2) is 193 Å². The van der Waals surface area contributed by atoms with Crippen LogP contribution in [0.2, 0.25) is 0 Å². The number of nitrogens with one attached hydrogen (secondary N) is 1. The molecule has 0 spiro atoms. The van der Waals surface area contributed by atoms with Crippen molar-refractivity contribution < 1.29 is 89.4 Å². The summed E-state index contributed by atoms with van der Waals surface area (Å²) in [6.45, 7) is 1.77. The van der Waals surface area contributed by atoms with Gasteiger partial charge in [-0.25, -0.2) is 0 Å². The monoisotopic (exact) mass is 1390 g/mol. The van der Waals surface area contributed by atoms with Crippen LogP contribution < -0.4 is 5.32 Å². The van der Waals surface area contributed by atoms with Crippen LogP contribution in [0.3, 0.4) is 0 Å². The van der Waals surface area contributed by atoms with Gasteiger partial charge in [0.15, 0.2) is 18.9 Å². The van der Waals surface area contributed by atoms with E-state index in [-0.39, 0.29) is 18.9 Å². The molecule has 0 aromatic heterocycles. The average molecular weight is 1390 g/mol. The number of hydrogen-bond acceptors (Lipinski definition) is 18. The standard InChI is InChI=1S/C78H147NO18/c1-3-5-7-9-11-13-15-17-19-21-23-25-26-27-28-29-30-31-32-33-34-35-36-38-40-42-44-46-48-50-52-54-56-66(84)79-61(62(83)55-53-51-49-47-45-43-41-39-37-24-22-20-18-16-14-12-10-8-6-4-2)60-92-76-72(90)69(87)74(64(58-81)94-76)97-78-73(91)70(88)75(65(59-82)95-78)96-77-71(89)68(86)67(85)63(57-80)93-77/h45,47,53,55,61-65,67-78,80-83,85-91H,3-44,46,48-52,54,56-60H2,1-2H3,(H,79,84)/b47-45+,55-53+. The topological polar surface area (TPSA) is 307 Å². The van der Waals surface area contributed by atoms with Gasteiger partial charge in [-0.2, -0.15) is 0 Å². The molecule has 0 aromatic carbocycles. The lowest BCUT2D eigenvalue weighted by Gasteiger charge is -2.48. The van der Waals surface area contributed by atoms with Crippen molar-refractivity contribution in [3.8, 4) is 0 Å². The zero-order valence-electron chi connectivity index (χ0n) is 61.1. The maximum absolute atomic E-state index is 13.5. The Bertz CT molecular complexity index is 1850. The van der Waals surface area contributed by atoms with Crippen LogP contribution in [0, 0.1) is 0 Å². The molecular formula is C78H147NO18. The zero-order valence-corrected chi connectivity index (χ0v) is 61.1. The molecule has 19 nitrogen and oxygen atoms in total. The summed E-state index contributed by atoms with van der Waals surface area (Å²) in [7, 11) is 0. The lowest BCUT2D eigenvalue weighted by molar-refractivity contribution is -0.379. The number of carbonyl (C=O) groups is 1. The normalized spacial score (nSPS) is 27.0. The summed E-state index contributed by atoms with van der Waals surface area (Å²) in [5.74, 6) is -0.278. The molecular weight excluding hydrogens is 1240 g/mol. The maximum atomic E-state index is 13.5. The van der Waals surface area contributed by atoms with Crippen LogP contribution >= 0.6 is 0 Å². The number of ether oxygens (including phenoxy) is 6. The highest BCUT2D eigenvalue weighted by molar-refractivity contribution is 5.76. The Balaban J connectivity index is 1.36. The Labute approximate surface area is 588 Å². The highest BCUT2D eigenvalue weighted by Crippen LogP contribution is 2.33. The number of aliphatic hydroxyl groups excluding tert-OH is 11. The van der Waals surface area contributed by atoms with Crippen LogP contribution in [-0.2, 0) is 33.2 Å². The fourth-order valence-electron chi connectivity index (χ4n) is 13.8. The van der Waals surface area contributed by atoms with E-state index in [0.29, 0.717) is 12.8 Å². The van der Waals surface area contributed by atoms with E-state index in [1.807, 2.05) is 6.08 Å². The van der Waals surface area contributed by atoms with Gasteiger partial charge in [0.05, 0.1) is 38.6 Å². The second-order valence-corrected chi connectivity index (χ2v) is 28.9. The molecule has 0 aromatic rings. The van der Waals surface area contributed by atoms with Gasteiger partial charge < -0.3 is 89.9 Å². The minimum absolute atomic E-state index is 0.241. The molecule has 3 heterocycles. The van der Waals surface area contributed by atoms with Gasteiger partial charge in [0.2, 0.25) is 5.91 Å². The quantitative estimate of drug-likeness (QED) is 0.0199. The van der Waals surface area contributed by atoms with Gasteiger partial charge in [-0.3, -0.25) is 4.79 Å². The molecule has 3 aliphatic heterocycles. The van der Waals surface area contributed by atoms with Gasteiger partial charge in [-0.05, 0) is 32.1 Å². The summed E-state index contributed by atoms with van der Waals surface area (Å²) < 4.78 is 34.4. The van der Waals surface area contributed by atoms with Crippen molar-refractivity contribution in [2.75, 3.05) is 26.4 Å². The first-order chi connectivity index (χ1) is 47.3. The van der Waals surface area contributed by atoms with Gasteiger partial charge in [-0.15, -0.1) is 0 Å². The van der Waals surface area contributed by atoms with Gasteiger partial charge >= 0.3 is 0 Å². The summed E-state index contributed by atoms with van der Waals surface area (Å²) in [5.41, 5.74) is 0. The summed E-state index contributed by atoms with van der Waals surface area (Å²) >= 11 is 0. The predicted octanol–water partition coefficient (Wildman–Crippen LogP) is 13.0. The molecule has 0 saturated carbocycles. The van der Waals surface area contributed by atoms with Crippen LogP contribution in [0.4, 0.5) is 0 Å². The summed E-state index contributed by atoms with van der Waals surface area (Å²) in [6.07, 6.45) is 44.7. The molecule has 3 aliphatic rings. The Kier molecular flexibility index (Phi) is 55.0. The maximum Gasteiger partial charge on any atom is 0.220 e. The highest BCUT2D eigenvalue weighted by atomic mass is 16.8. The van der Waals surface area contributed by atoms with Crippen molar-refractivity contribution in [1.82, 2.24) is 5.32 Å². The second-order valence-electron chi connectivity index (χ2n) is 28.9. The lowest BCUT2D eigenvalue weighted by atomic mass is 9.96. The zero-order chi connectivity index (χ0) is 70.4. The van der Waals surface area contributed by atoms with E-state index in [2.05, 4.69) is 31.3 Å². The van der Waals surface area contributed by atoms with Gasteiger partial charge in [-0.1, -0.05) is 321 Å². The van der Waals surface area contributed by atoms with E-state index in [4.69, 9.17) is 28.4 Å². The third-order valence-corrected chi connectivity index (χ3v) is 20.3. The molecule has 3 rings (SSSR count). The Hall–Kier alpha value is -1.73. The summed E-state index contributed by atoms with van der Waals surface area (Å²) in [6, 6.07) is -0.988. The van der Waals surface area contributed by atoms with E-state index in [1.54, 1.807) is 6.08 Å². The third kappa shape index (κ3) is 40.2. The molecule has 12 N–H and O–H groups in total. The second kappa shape index (κ2) is 59.6. The number of aliphatic hydroxyl groups is 11. The van der Waals surface area contributed by atoms with Crippen molar-refractivity contribution in [2.24, 2.45) is 0 Å². The number of allylic oxidation sites excluding steroid dienone is 3. The van der Waals surface area contributed by atoms with E-state index in [1.165, 1.54) is 263 Å². The van der Waals surface area contributed by atoms with Crippen LogP contribution in [0.25, 0.3) is 0 Å². The SMILES string of the molecule is CCCCCCCCCCCCCCCC/C=C/CC/C=C/C(O)C(COC1OC(CO)C(OC2OC(CO)C(OC3OC(CO)C(O)C(O)C3O)C(O)C2O)C(O)C1O)NC(=O)CCCCCCCCCCCCCCCCCCCCCCCCCCCCCCCCCC. The molecule has 3 fully saturated rings. The number of carbonyl (C=O) groups excluding carboxylic acids is 1. The molecule has 19 heteroatoms. The van der Waals surface area contributed by atoms with Crippen LogP contribution in [0.15, 0.2) is 24.3 Å². The van der Waals surface area contributed by atoms with Crippen LogP contribution in [0.5, 0.6) is 0 Å². The summed E-state index contributed by atoms with van der Waals surface area (Å²) in [4.78, 5) is 13.5. The molecule has 1 amide bonds. The van der Waals surface area contributed by atoms with Gasteiger partial charge in [0, 0.05) is 6.42 Å². The first kappa shape index (κ1) is 89.5. The summed E-state index contributed by atoms with van der Waals surface area (Å²) in [5, 5.41) is 121. The van der Waals surface area contributed by atoms with E-state index >= 15 is 0 Å². The minimum atomic E-state index is -1.98. The molecule has 572 valence electrons. The molecule has 97 heavy (non-hydrogen) atoms. The molecule has 3 saturated heterocycles. The third-order valence-electron chi connectivity index (χ3n) is 20.3. The van der Waals surface area contributed by atoms with E-state index < -0.39 is 124 Å². The number of amides is 1. The van der Waals surface area contributed by atoms with Crippen molar-refractivity contribution in [2.45, 2.75) is 439 Å². The Morgan fingerprint density at radius 1 is 0.361 bits per heavy atom. The number of hydrogen-bond donors (Lipinski definition) is 12. The van der Waals surface area contributed by atoms with Crippen molar-refractivity contribution in [3.05, 3.63) is 24.3 Å². The largest absolute Gasteiger partial charge is 0.394 e. The molecule has 0 radical (unpaired) electrons. The average Bonchev–Trinajstić information content (AvgIpc) is 0.790. The Morgan fingerprint density at radius 3 is 1.03 bits per heavy atom. The van der Waals surface area contributed by atoms with Gasteiger partial charge in [0.25, 0.3) is 0 Å². The smallest absolute Gasteiger partial charge is 0.220 e. The fraction of sp³-hybridized carbons (Fsp3) is 0.936. The molecule has 17 unspecified atom stereocenters. The number of unbranched alkanes of at least 4 members (excludes halogenated alkanes) is 46. The molecule has 17 atom stereocenters. The van der Waals surface area contributed by atoms with Crippen molar-refractivity contribution in [1.29, 1.82) is 0 Å². The lowest BCUT2D eigenvalue weighted by Crippen LogP contribution is -2.66. The number of rotatable bonds is 64. The first-order valence-electron chi connectivity index (χ1n) is 40.1. The molecule has 0 bridgehead atoms. The fourth-order valence-corrected chi connectivity index (χ4v) is 13.8. The van der Waals surface area contributed by atoms with Crippen molar-refractivity contribution in [3.63, 3.8) is 0 Å². The van der Waals surface area contributed by atoms with E-state index in [0.717, 1.165) is 38.5 Å². The van der Waals surface area contributed by atoms with Crippen molar-refractivity contribution >= 4 is 5.91 Å². The first-order valence-corrected chi connectivity index (χ1v) is 40.1. The predicted molar refractivity (Wildman–Crippen MR) is 383 cm³/mol. The minimum Gasteiger partial charge on any atom is -0.394 e. The van der Waals surface area contributed by atoms with Gasteiger partial charge in [0.1, 0.15) is 73.2 Å². The highest BCUT2D eigenvalue weighted by Gasteiger charge is 2.54. The molecule has 0 aliphatic carbocycles. The van der Waals surface area contributed by atoms with E-state index in [9.17, 15) is 61.0 Å². The Morgan fingerprint density at radius 2 is 0.660 bits per heavy atom. The van der Waals surface area contributed by atoms with Crippen LogP contribution in [0.1, 0.15) is 335 Å².